The first-order valence-electron chi connectivity index (χ1n) is 9.16. The highest BCUT2D eigenvalue weighted by Crippen LogP contribution is 2.23. The number of aromatic nitrogens is 1. The van der Waals surface area contributed by atoms with Crippen molar-refractivity contribution in [3.63, 3.8) is 0 Å². The number of methoxy groups -OCH3 is 1. The molecule has 2 atom stereocenters. The largest absolute Gasteiger partial charge is 0.375 e. The summed E-state index contributed by atoms with van der Waals surface area (Å²) in [4.78, 5) is 6.69. The van der Waals surface area contributed by atoms with Gasteiger partial charge in [0.15, 0.2) is 0 Å². The van der Waals surface area contributed by atoms with Gasteiger partial charge in [-0.2, -0.15) is 5.26 Å². The molecule has 136 valence electrons. The number of nitrogens with zero attached hydrogens (tertiary/aromatic N) is 3. The van der Waals surface area contributed by atoms with Crippen molar-refractivity contribution < 1.29 is 4.74 Å². The van der Waals surface area contributed by atoms with Crippen molar-refractivity contribution in [3.05, 3.63) is 59.8 Å². The number of benzene rings is 1. The predicted octanol–water partition coefficient (Wildman–Crippen LogP) is 3.29. The minimum atomic E-state index is 0.0504. The van der Waals surface area contributed by atoms with E-state index in [0.717, 1.165) is 31.7 Å². The second-order valence-electron chi connectivity index (χ2n) is 6.80. The topological polar surface area (TPSA) is 61.2 Å². The van der Waals surface area contributed by atoms with E-state index >= 15 is 0 Å². The summed E-state index contributed by atoms with van der Waals surface area (Å²) in [5.74, 6) is 0.953. The third-order valence-corrected chi connectivity index (χ3v) is 5.03. The molecule has 1 N–H and O–H groups in total. The standard InChI is InChI=1S/C21H26N4O/c1-16(21(26-2)18-6-4-3-5-7-18)24-19-10-12-25(13-11-19)20-9-8-17(14-22)15-23-20/h3-9,15-16,19,21,24H,10-13H2,1-2H3/t16-,21-/m0/s1. The molecule has 1 aliphatic heterocycles. The van der Waals surface area contributed by atoms with Gasteiger partial charge in [-0.15, -0.1) is 0 Å². The molecule has 0 radical (unpaired) electrons. The zero-order chi connectivity index (χ0) is 18.4. The van der Waals surface area contributed by atoms with E-state index in [1.807, 2.05) is 18.2 Å². The Balaban J connectivity index is 1.53. The summed E-state index contributed by atoms with van der Waals surface area (Å²) in [6.45, 7) is 4.12. The maximum absolute atomic E-state index is 8.88. The Bertz CT molecular complexity index is 718. The molecule has 0 bridgehead atoms. The van der Waals surface area contributed by atoms with Gasteiger partial charge in [-0.05, 0) is 37.5 Å². The average Bonchev–Trinajstić information content (AvgIpc) is 2.70. The highest BCUT2D eigenvalue weighted by molar-refractivity contribution is 5.42. The summed E-state index contributed by atoms with van der Waals surface area (Å²) in [6, 6.07) is 17.0. The molecule has 2 aromatic rings. The highest BCUT2D eigenvalue weighted by atomic mass is 16.5. The van der Waals surface area contributed by atoms with Crippen molar-refractivity contribution in [1.82, 2.24) is 10.3 Å². The van der Waals surface area contributed by atoms with Gasteiger partial charge in [0.25, 0.3) is 0 Å². The number of rotatable bonds is 6. The molecule has 5 heteroatoms. The molecule has 1 fully saturated rings. The van der Waals surface area contributed by atoms with Crippen LogP contribution in [0.4, 0.5) is 5.82 Å². The van der Waals surface area contributed by atoms with E-state index in [2.05, 4.69) is 52.5 Å². The summed E-state index contributed by atoms with van der Waals surface area (Å²) in [5.41, 5.74) is 1.81. The quantitative estimate of drug-likeness (QED) is 0.866. The summed E-state index contributed by atoms with van der Waals surface area (Å²) < 4.78 is 5.74. The number of nitrogens with one attached hydrogen (secondary N) is 1. The molecule has 1 saturated heterocycles. The molecule has 0 amide bonds. The Labute approximate surface area is 155 Å². The first-order valence-corrected chi connectivity index (χ1v) is 9.16. The molecule has 1 aromatic carbocycles. The lowest BCUT2D eigenvalue weighted by Gasteiger charge is -2.36. The van der Waals surface area contributed by atoms with Gasteiger partial charge in [0, 0.05) is 38.5 Å². The zero-order valence-corrected chi connectivity index (χ0v) is 15.4. The lowest BCUT2D eigenvalue weighted by molar-refractivity contribution is 0.0680. The molecular formula is C21H26N4O. The van der Waals surface area contributed by atoms with Crippen LogP contribution in [0, 0.1) is 11.3 Å². The summed E-state index contributed by atoms with van der Waals surface area (Å²) in [6.07, 6.45) is 3.83. The van der Waals surface area contributed by atoms with Gasteiger partial charge in [-0.3, -0.25) is 0 Å². The molecule has 5 nitrogen and oxygen atoms in total. The lowest BCUT2D eigenvalue weighted by atomic mass is 9.99. The molecule has 26 heavy (non-hydrogen) atoms. The fourth-order valence-corrected chi connectivity index (χ4v) is 3.65. The first kappa shape index (κ1) is 18.4. The number of hydrogen-bond donors (Lipinski definition) is 1. The molecule has 0 unspecified atom stereocenters. The van der Waals surface area contributed by atoms with Crippen LogP contribution in [0.5, 0.6) is 0 Å². The van der Waals surface area contributed by atoms with Gasteiger partial charge in [0.2, 0.25) is 0 Å². The van der Waals surface area contributed by atoms with Gasteiger partial charge in [0.05, 0.1) is 11.7 Å². The number of pyridine rings is 1. The second-order valence-corrected chi connectivity index (χ2v) is 6.80. The van der Waals surface area contributed by atoms with Crippen molar-refractivity contribution in [1.29, 1.82) is 5.26 Å². The SMILES string of the molecule is CO[C@H](c1ccccc1)[C@H](C)NC1CCN(c2ccc(C#N)cn2)CC1. The van der Waals surface area contributed by atoms with E-state index in [1.54, 1.807) is 13.3 Å². The average molecular weight is 350 g/mol. The van der Waals surface area contributed by atoms with Gasteiger partial charge in [-0.1, -0.05) is 30.3 Å². The van der Waals surface area contributed by atoms with Crippen molar-refractivity contribution >= 4 is 5.82 Å². The van der Waals surface area contributed by atoms with Crippen molar-refractivity contribution in [2.24, 2.45) is 0 Å². The van der Waals surface area contributed by atoms with Crippen LogP contribution >= 0.6 is 0 Å². The number of ether oxygens (including phenoxy) is 1. The minimum Gasteiger partial charge on any atom is -0.375 e. The van der Waals surface area contributed by atoms with Crippen LogP contribution in [-0.2, 0) is 4.74 Å². The Hall–Kier alpha value is -2.42. The fraction of sp³-hybridized carbons (Fsp3) is 0.429. The molecule has 2 heterocycles. The molecular weight excluding hydrogens is 324 g/mol. The van der Waals surface area contributed by atoms with Gasteiger partial charge < -0.3 is 15.0 Å². The van der Waals surface area contributed by atoms with Gasteiger partial charge in [-0.25, -0.2) is 4.98 Å². The molecule has 0 aliphatic carbocycles. The van der Waals surface area contributed by atoms with Crippen LogP contribution in [0.2, 0.25) is 0 Å². The number of hydrogen-bond acceptors (Lipinski definition) is 5. The van der Waals surface area contributed by atoms with Crippen LogP contribution in [0.25, 0.3) is 0 Å². The second kappa shape index (κ2) is 8.79. The maximum Gasteiger partial charge on any atom is 0.128 e. The van der Waals surface area contributed by atoms with Gasteiger partial charge >= 0.3 is 0 Å². The number of anilines is 1. The van der Waals surface area contributed by atoms with E-state index in [-0.39, 0.29) is 12.1 Å². The van der Waals surface area contributed by atoms with Gasteiger partial charge in [0.1, 0.15) is 11.9 Å². The van der Waals surface area contributed by atoms with Crippen LogP contribution in [-0.4, -0.2) is 37.3 Å². The molecule has 0 spiro atoms. The molecule has 3 rings (SSSR count). The van der Waals surface area contributed by atoms with E-state index < -0.39 is 0 Å². The van der Waals surface area contributed by atoms with Crippen molar-refractivity contribution in [2.75, 3.05) is 25.1 Å². The summed E-state index contributed by atoms with van der Waals surface area (Å²) in [5, 5.41) is 12.6. The normalized spacial score (nSPS) is 17.5. The Morgan fingerprint density at radius 1 is 1.19 bits per heavy atom. The number of nitriles is 1. The molecule has 1 aliphatic rings. The number of piperidine rings is 1. The van der Waals surface area contributed by atoms with E-state index in [4.69, 9.17) is 10.00 Å². The maximum atomic E-state index is 8.88. The van der Waals surface area contributed by atoms with Crippen LogP contribution in [0.15, 0.2) is 48.7 Å². The Morgan fingerprint density at radius 2 is 1.92 bits per heavy atom. The van der Waals surface area contributed by atoms with Crippen molar-refractivity contribution in [3.8, 4) is 6.07 Å². The third kappa shape index (κ3) is 4.40. The zero-order valence-electron chi connectivity index (χ0n) is 15.4. The lowest BCUT2D eigenvalue weighted by Crippen LogP contribution is -2.47. The highest BCUT2D eigenvalue weighted by Gasteiger charge is 2.25. The molecule has 1 aromatic heterocycles. The van der Waals surface area contributed by atoms with Crippen LogP contribution < -0.4 is 10.2 Å². The smallest absolute Gasteiger partial charge is 0.128 e. The van der Waals surface area contributed by atoms with E-state index in [9.17, 15) is 0 Å². The third-order valence-electron chi connectivity index (χ3n) is 5.03. The predicted molar refractivity (Wildman–Crippen MR) is 103 cm³/mol. The molecule has 0 saturated carbocycles. The van der Waals surface area contributed by atoms with Crippen LogP contribution in [0.1, 0.15) is 37.0 Å². The van der Waals surface area contributed by atoms with Crippen LogP contribution in [0.3, 0.4) is 0 Å². The fourth-order valence-electron chi connectivity index (χ4n) is 3.65. The van der Waals surface area contributed by atoms with E-state index in [1.165, 1.54) is 5.56 Å². The summed E-state index contributed by atoms with van der Waals surface area (Å²) >= 11 is 0. The van der Waals surface area contributed by atoms with Crippen molar-refractivity contribution in [2.45, 2.75) is 38.0 Å². The minimum absolute atomic E-state index is 0.0504. The Morgan fingerprint density at radius 3 is 2.50 bits per heavy atom. The summed E-state index contributed by atoms with van der Waals surface area (Å²) in [7, 11) is 1.77. The first-order chi connectivity index (χ1) is 12.7. The Kier molecular flexibility index (Phi) is 6.21. The van der Waals surface area contributed by atoms with E-state index in [0.29, 0.717) is 11.6 Å². The monoisotopic (exact) mass is 350 g/mol.